The van der Waals surface area contributed by atoms with E-state index in [9.17, 15) is 31.1 Å². The smallest absolute Gasteiger partial charge is 0.406 e. The van der Waals surface area contributed by atoms with Gasteiger partial charge in [0.2, 0.25) is 0 Å². The lowest BCUT2D eigenvalue weighted by molar-refractivity contribution is -0.274. The quantitative estimate of drug-likeness (QED) is 0.662. The molecule has 0 bridgehead atoms. The van der Waals surface area contributed by atoms with Crippen LogP contribution in [0, 0.1) is 0 Å². The molecule has 1 rings (SSSR count). The SMILES string of the molecule is O=C(/C(Cl)=C/Nc1ccc(OC(F)(F)F)cc1)C(F)(F)F. The molecule has 1 aromatic rings. The summed E-state index contributed by atoms with van der Waals surface area (Å²) in [6, 6.07) is 4.06. The zero-order valence-electron chi connectivity index (χ0n) is 9.85. The summed E-state index contributed by atoms with van der Waals surface area (Å²) < 4.78 is 75.3. The number of nitrogens with one attached hydrogen (secondary N) is 1. The van der Waals surface area contributed by atoms with E-state index >= 15 is 0 Å². The van der Waals surface area contributed by atoms with E-state index in [4.69, 9.17) is 11.6 Å². The zero-order valence-corrected chi connectivity index (χ0v) is 10.6. The molecule has 21 heavy (non-hydrogen) atoms. The molecule has 0 amide bonds. The lowest BCUT2D eigenvalue weighted by atomic mass is 10.3. The van der Waals surface area contributed by atoms with Crippen LogP contribution in [0.5, 0.6) is 5.75 Å². The molecule has 0 heterocycles. The van der Waals surface area contributed by atoms with E-state index in [0.29, 0.717) is 6.20 Å². The predicted molar refractivity (Wildman–Crippen MR) is 61.7 cm³/mol. The molecule has 116 valence electrons. The number of allylic oxidation sites excluding steroid dienone is 1. The highest BCUT2D eigenvalue weighted by Crippen LogP contribution is 2.25. The monoisotopic (exact) mass is 333 g/mol. The Labute approximate surface area is 119 Å². The summed E-state index contributed by atoms with van der Waals surface area (Å²) in [6.45, 7) is 0. The fourth-order valence-corrected chi connectivity index (χ4v) is 1.26. The van der Waals surface area contributed by atoms with Crippen LogP contribution in [0.2, 0.25) is 0 Å². The average Bonchev–Trinajstić information content (AvgIpc) is 2.33. The number of carbonyl (C=O) groups is 1. The molecule has 0 aromatic heterocycles. The van der Waals surface area contributed by atoms with Crippen molar-refractivity contribution in [1.82, 2.24) is 0 Å². The Hall–Kier alpha value is -1.90. The van der Waals surface area contributed by atoms with Gasteiger partial charge in [0.15, 0.2) is 0 Å². The normalized spacial score (nSPS) is 13.0. The molecule has 0 atom stereocenters. The Morgan fingerprint density at radius 3 is 2.05 bits per heavy atom. The van der Waals surface area contributed by atoms with Gasteiger partial charge in [0, 0.05) is 11.9 Å². The summed E-state index contributed by atoms with van der Waals surface area (Å²) in [4.78, 5) is 10.7. The second-order valence-electron chi connectivity index (χ2n) is 3.54. The molecular formula is C11H6ClF6NO2. The van der Waals surface area contributed by atoms with Gasteiger partial charge < -0.3 is 10.1 Å². The Morgan fingerprint density at radius 1 is 1.10 bits per heavy atom. The van der Waals surface area contributed by atoms with Crippen LogP contribution in [-0.2, 0) is 4.79 Å². The number of benzene rings is 1. The summed E-state index contributed by atoms with van der Waals surface area (Å²) in [6.07, 6.45) is -9.38. The minimum absolute atomic E-state index is 0.109. The summed E-state index contributed by atoms with van der Waals surface area (Å²) in [5, 5.41) is 1.12. The van der Waals surface area contributed by atoms with Gasteiger partial charge in [-0.3, -0.25) is 4.79 Å². The molecule has 0 aliphatic rings. The first-order chi connectivity index (χ1) is 9.49. The van der Waals surface area contributed by atoms with E-state index < -0.39 is 29.1 Å². The van der Waals surface area contributed by atoms with Crippen LogP contribution in [0.1, 0.15) is 0 Å². The van der Waals surface area contributed by atoms with E-state index in [2.05, 4.69) is 10.1 Å². The number of carbonyl (C=O) groups excluding carboxylic acids is 1. The molecule has 0 fully saturated rings. The van der Waals surface area contributed by atoms with Crippen molar-refractivity contribution >= 4 is 23.1 Å². The minimum Gasteiger partial charge on any atom is -0.406 e. The maximum atomic E-state index is 12.0. The molecule has 0 radical (unpaired) electrons. The standard InChI is InChI=1S/C11H6ClF6NO2/c12-8(9(20)10(13,14)15)5-19-6-1-3-7(4-2-6)21-11(16,17)18/h1-5,19H/b8-5-. The van der Waals surface area contributed by atoms with Gasteiger partial charge in [-0.1, -0.05) is 11.6 Å². The van der Waals surface area contributed by atoms with Gasteiger partial charge in [0.1, 0.15) is 10.8 Å². The maximum Gasteiger partial charge on any atom is 0.573 e. The minimum atomic E-state index is -5.11. The highest BCUT2D eigenvalue weighted by atomic mass is 35.5. The molecule has 1 aromatic carbocycles. The van der Waals surface area contributed by atoms with Crippen molar-refractivity contribution < 1.29 is 35.9 Å². The van der Waals surface area contributed by atoms with Gasteiger partial charge in [-0.2, -0.15) is 13.2 Å². The second-order valence-corrected chi connectivity index (χ2v) is 3.94. The number of halogens is 7. The van der Waals surface area contributed by atoms with E-state index in [1.807, 2.05) is 0 Å². The van der Waals surface area contributed by atoms with Crippen molar-refractivity contribution in [3.8, 4) is 5.75 Å². The average molecular weight is 334 g/mol. The zero-order chi connectivity index (χ0) is 16.3. The summed E-state index contributed by atoms with van der Waals surface area (Å²) in [5.41, 5.74) is 0.109. The van der Waals surface area contributed by atoms with Crippen LogP contribution in [0.3, 0.4) is 0 Å². The third-order valence-corrected chi connectivity index (χ3v) is 2.21. The fourth-order valence-electron chi connectivity index (χ4n) is 1.10. The third kappa shape index (κ3) is 5.94. The van der Waals surface area contributed by atoms with Crippen LogP contribution in [-0.4, -0.2) is 18.3 Å². The molecular weight excluding hydrogens is 328 g/mol. The van der Waals surface area contributed by atoms with Crippen molar-refractivity contribution in [2.45, 2.75) is 12.5 Å². The van der Waals surface area contributed by atoms with Crippen LogP contribution < -0.4 is 10.1 Å². The number of ether oxygens (including phenoxy) is 1. The van der Waals surface area contributed by atoms with Gasteiger partial charge in [-0.25, -0.2) is 0 Å². The van der Waals surface area contributed by atoms with Crippen molar-refractivity contribution in [3.05, 3.63) is 35.5 Å². The first kappa shape index (κ1) is 17.2. The number of Topliss-reactive ketones (excluding diaryl/α,β-unsaturated/α-hetero) is 1. The second kappa shape index (κ2) is 6.25. The Bertz CT molecular complexity index is 535. The maximum absolute atomic E-state index is 12.0. The molecule has 3 nitrogen and oxygen atoms in total. The number of hydrogen-bond donors (Lipinski definition) is 1. The van der Waals surface area contributed by atoms with Crippen molar-refractivity contribution in [2.24, 2.45) is 0 Å². The highest BCUT2D eigenvalue weighted by Gasteiger charge is 2.40. The lowest BCUT2D eigenvalue weighted by Crippen LogP contribution is -2.23. The van der Waals surface area contributed by atoms with Gasteiger partial charge in [0.05, 0.1) is 0 Å². The molecule has 0 unspecified atom stereocenters. The van der Waals surface area contributed by atoms with Crippen molar-refractivity contribution in [3.63, 3.8) is 0 Å². The molecule has 0 saturated heterocycles. The molecule has 1 N–H and O–H groups in total. The molecule has 0 aliphatic heterocycles. The van der Waals surface area contributed by atoms with Gasteiger partial charge in [-0.15, -0.1) is 13.2 Å². The van der Waals surface area contributed by atoms with Gasteiger partial charge in [0.25, 0.3) is 5.78 Å². The number of anilines is 1. The summed E-state index contributed by atoms with van der Waals surface area (Å²) >= 11 is 5.14. The van der Waals surface area contributed by atoms with Crippen LogP contribution in [0.4, 0.5) is 32.0 Å². The van der Waals surface area contributed by atoms with Crippen LogP contribution >= 0.6 is 11.6 Å². The topological polar surface area (TPSA) is 38.3 Å². The van der Waals surface area contributed by atoms with E-state index in [1.54, 1.807) is 0 Å². The van der Waals surface area contributed by atoms with Gasteiger partial charge >= 0.3 is 12.5 Å². The van der Waals surface area contributed by atoms with E-state index in [0.717, 1.165) is 24.3 Å². The largest absolute Gasteiger partial charge is 0.573 e. The van der Waals surface area contributed by atoms with Crippen molar-refractivity contribution in [2.75, 3.05) is 5.32 Å². The molecule has 0 saturated carbocycles. The summed E-state index contributed by atoms with van der Waals surface area (Å²) in [5.74, 6) is -2.75. The fraction of sp³-hybridized carbons (Fsp3) is 0.182. The number of ketones is 1. The lowest BCUT2D eigenvalue weighted by Gasteiger charge is -2.09. The number of hydrogen-bond acceptors (Lipinski definition) is 3. The molecule has 0 aliphatic carbocycles. The predicted octanol–water partition coefficient (Wildman–Crippen LogP) is 4.21. The molecule has 0 spiro atoms. The Kier molecular flexibility index (Phi) is 5.10. The van der Waals surface area contributed by atoms with Crippen LogP contribution in [0.25, 0.3) is 0 Å². The first-order valence-corrected chi connectivity index (χ1v) is 5.46. The number of alkyl halides is 6. The Balaban J connectivity index is 2.71. The number of rotatable bonds is 4. The van der Waals surface area contributed by atoms with Crippen LogP contribution in [0.15, 0.2) is 35.5 Å². The highest BCUT2D eigenvalue weighted by molar-refractivity contribution is 6.43. The summed E-state index contributed by atoms with van der Waals surface area (Å²) in [7, 11) is 0. The third-order valence-electron chi connectivity index (χ3n) is 1.93. The van der Waals surface area contributed by atoms with Gasteiger partial charge in [-0.05, 0) is 24.3 Å². The van der Waals surface area contributed by atoms with E-state index in [1.165, 1.54) is 0 Å². The van der Waals surface area contributed by atoms with E-state index in [-0.39, 0.29) is 5.69 Å². The molecule has 10 heteroatoms. The Morgan fingerprint density at radius 2 is 1.62 bits per heavy atom. The first-order valence-electron chi connectivity index (χ1n) is 5.08. The van der Waals surface area contributed by atoms with Crippen molar-refractivity contribution in [1.29, 1.82) is 0 Å².